The quantitative estimate of drug-likeness (QED) is 0.734. The van der Waals surface area contributed by atoms with Gasteiger partial charge in [-0.25, -0.2) is 9.59 Å². The van der Waals surface area contributed by atoms with Crippen molar-refractivity contribution in [2.45, 2.75) is 26.1 Å². The van der Waals surface area contributed by atoms with Crippen LogP contribution in [0.2, 0.25) is 0 Å². The van der Waals surface area contributed by atoms with E-state index in [4.69, 9.17) is 0 Å². The number of carboxylic acid groups (broad SMARTS) is 1. The van der Waals surface area contributed by atoms with Crippen LogP contribution in [0.25, 0.3) is 11.0 Å². The van der Waals surface area contributed by atoms with Gasteiger partial charge in [0.1, 0.15) is 0 Å². The molecule has 2 N–H and O–H groups in total. The molecule has 0 saturated heterocycles. The lowest BCUT2D eigenvalue weighted by Gasteiger charge is -2.23. The molecular weight excluding hydrogens is 234 g/mol. The summed E-state index contributed by atoms with van der Waals surface area (Å²) in [5.74, 6) is 0. The van der Waals surface area contributed by atoms with Gasteiger partial charge in [-0.3, -0.25) is 9.47 Å². The van der Waals surface area contributed by atoms with Gasteiger partial charge in [0, 0.05) is 6.54 Å². The van der Waals surface area contributed by atoms with Crippen molar-refractivity contribution in [3.8, 4) is 0 Å². The van der Waals surface area contributed by atoms with Crippen molar-refractivity contribution in [2.75, 3.05) is 0 Å². The fourth-order valence-electron chi connectivity index (χ4n) is 2.56. The van der Waals surface area contributed by atoms with E-state index in [0.717, 1.165) is 16.6 Å². The zero-order valence-electron chi connectivity index (χ0n) is 9.88. The third kappa shape index (κ3) is 1.42. The van der Waals surface area contributed by atoms with E-state index in [1.165, 1.54) is 4.90 Å². The first kappa shape index (κ1) is 10.9. The number of imidazole rings is 1. The molecule has 1 aliphatic rings. The summed E-state index contributed by atoms with van der Waals surface area (Å²) in [6.07, 6.45) is -0.957. The standard InChI is InChI=1S/C12H13N3O3/c1-7-5-15-10-8(6-14(7)12(17)18)3-2-4-9(10)13-11(15)16/h2-4,7H,5-6H2,1H3,(H,13,16)(H,17,18)/t7-/m0/s1. The molecule has 0 spiro atoms. The van der Waals surface area contributed by atoms with Crippen LogP contribution < -0.4 is 5.69 Å². The van der Waals surface area contributed by atoms with Crippen molar-refractivity contribution in [2.24, 2.45) is 0 Å². The summed E-state index contributed by atoms with van der Waals surface area (Å²) in [5, 5.41) is 9.21. The molecule has 1 amide bonds. The lowest BCUT2D eigenvalue weighted by molar-refractivity contribution is 0.121. The Morgan fingerprint density at radius 2 is 2.28 bits per heavy atom. The maximum atomic E-state index is 11.9. The molecule has 6 heteroatoms. The maximum absolute atomic E-state index is 11.9. The number of hydrogen-bond donors (Lipinski definition) is 2. The molecule has 0 radical (unpaired) electrons. The number of aromatic amines is 1. The van der Waals surface area contributed by atoms with Crippen molar-refractivity contribution in [3.05, 3.63) is 34.2 Å². The predicted octanol–water partition coefficient (Wildman–Crippen LogP) is 1.21. The second-order valence-corrected chi connectivity index (χ2v) is 4.61. The minimum atomic E-state index is -0.957. The van der Waals surface area contributed by atoms with E-state index in [0.29, 0.717) is 13.1 Å². The highest BCUT2D eigenvalue weighted by molar-refractivity contribution is 5.80. The number of nitrogens with one attached hydrogen (secondary N) is 1. The molecule has 94 valence electrons. The van der Waals surface area contributed by atoms with Gasteiger partial charge in [0.2, 0.25) is 0 Å². The summed E-state index contributed by atoms with van der Waals surface area (Å²) in [6.45, 7) is 2.50. The molecule has 1 aromatic carbocycles. The highest BCUT2D eigenvalue weighted by Gasteiger charge is 2.26. The molecule has 0 bridgehead atoms. The van der Waals surface area contributed by atoms with E-state index >= 15 is 0 Å². The molecule has 3 rings (SSSR count). The van der Waals surface area contributed by atoms with Gasteiger partial charge in [0.15, 0.2) is 0 Å². The van der Waals surface area contributed by atoms with Crippen molar-refractivity contribution in [3.63, 3.8) is 0 Å². The van der Waals surface area contributed by atoms with Crippen LogP contribution in [0, 0.1) is 0 Å². The fourth-order valence-corrected chi connectivity index (χ4v) is 2.56. The van der Waals surface area contributed by atoms with E-state index in [2.05, 4.69) is 4.98 Å². The highest BCUT2D eigenvalue weighted by Crippen LogP contribution is 2.23. The van der Waals surface area contributed by atoms with Crippen LogP contribution in [-0.2, 0) is 13.1 Å². The van der Waals surface area contributed by atoms with Crippen LogP contribution in [0.15, 0.2) is 23.0 Å². The number of aromatic nitrogens is 2. The summed E-state index contributed by atoms with van der Waals surface area (Å²) < 4.78 is 1.62. The molecule has 18 heavy (non-hydrogen) atoms. The SMILES string of the molecule is C[C@H]1Cn2c(=O)[nH]c3cccc(c32)CN1C(=O)O. The monoisotopic (exact) mass is 247 g/mol. The molecule has 0 fully saturated rings. The van der Waals surface area contributed by atoms with Gasteiger partial charge in [-0.2, -0.15) is 0 Å². The second kappa shape index (κ2) is 3.63. The average Bonchev–Trinajstić information content (AvgIpc) is 2.54. The van der Waals surface area contributed by atoms with Crippen molar-refractivity contribution >= 4 is 17.1 Å². The summed E-state index contributed by atoms with van der Waals surface area (Å²) in [7, 11) is 0. The van der Waals surface area contributed by atoms with Gasteiger partial charge in [-0.15, -0.1) is 0 Å². The summed E-state index contributed by atoms with van der Waals surface area (Å²) >= 11 is 0. The number of amides is 1. The smallest absolute Gasteiger partial charge is 0.407 e. The van der Waals surface area contributed by atoms with Crippen LogP contribution in [0.4, 0.5) is 4.79 Å². The first-order valence-corrected chi connectivity index (χ1v) is 5.78. The Bertz CT molecular complexity index is 685. The summed E-state index contributed by atoms with van der Waals surface area (Å²) in [6, 6.07) is 5.29. The molecular formula is C12H13N3O3. The molecule has 1 atom stereocenters. The first-order chi connectivity index (χ1) is 8.58. The predicted molar refractivity (Wildman–Crippen MR) is 65.6 cm³/mol. The van der Waals surface area contributed by atoms with Crippen molar-refractivity contribution < 1.29 is 9.90 Å². The Morgan fingerprint density at radius 3 is 3.00 bits per heavy atom. The molecule has 6 nitrogen and oxygen atoms in total. The van der Waals surface area contributed by atoms with E-state index < -0.39 is 6.09 Å². The van der Waals surface area contributed by atoms with Crippen LogP contribution in [-0.4, -0.2) is 31.7 Å². The summed E-state index contributed by atoms with van der Waals surface area (Å²) in [5.41, 5.74) is 2.25. The van der Waals surface area contributed by atoms with Gasteiger partial charge in [-0.1, -0.05) is 12.1 Å². The number of para-hydroxylation sites is 1. The maximum Gasteiger partial charge on any atom is 0.407 e. The Balaban J connectivity index is 2.26. The summed E-state index contributed by atoms with van der Waals surface area (Å²) in [4.78, 5) is 27.3. The van der Waals surface area contributed by atoms with Gasteiger partial charge < -0.3 is 10.1 Å². The molecule has 2 heterocycles. The number of nitrogens with zero attached hydrogens (tertiary/aromatic N) is 2. The lowest BCUT2D eigenvalue weighted by atomic mass is 10.1. The Labute approximate surface area is 102 Å². The zero-order valence-corrected chi connectivity index (χ0v) is 9.88. The molecule has 2 aromatic rings. The number of H-pyrrole nitrogens is 1. The largest absolute Gasteiger partial charge is 0.465 e. The minimum absolute atomic E-state index is 0.184. The molecule has 1 aliphatic heterocycles. The fraction of sp³-hybridized carbons (Fsp3) is 0.333. The Hall–Kier alpha value is -2.24. The Kier molecular flexibility index (Phi) is 2.19. The number of benzene rings is 1. The van der Waals surface area contributed by atoms with Crippen LogP contribution in [0.1, 0.15) is 12.5 Å². The normalized spacial score (nSPS) is 18.9. The second-order valence-electron chi connectivity index (χ2n) is 4.61. The number of carbonyl (C=O) groups is 1. The number of hydrogen-bond acceptors (Lipinski definition) is 2. The molecule has 0 aliphatic carbocycles. The highest BCUT2D eigenvalue weighted by atomic mass is 16.4. The minimum Gasteiger partial charge on any atom is -0.465 e. The van der Waals surface area contributed by atoms with Crippen LogP contribution in [0.5, 0.6) is 0 Å². The zero-order chi connectivity index (χ0) is 12.9. The van der Waals surface area contributed by atoms with Crippen LogP contribution in [0.3, 0.4) is 0 Å². The Morgan fingerprint density at radius 1 is 1.50 bits per heavy atom. The van der Waals surface area contributed by atoms with Gasteiger partial charge in [-0.05, 0) is 18.6 Å². The van der Waals surface area contributed by atoms with E-state index in [1.54, 1.807) is 4.57 Å². The van der Waals surface area contributed by atoms with E-state index in [-0.39, 0.29) is 11.7 Å². The first-order valence-electron chi connectivity index (χ1n) is 5.78. The van der Waals surface area contributed by atoms with Gasteiger partial charge in [0.25, 0.3) is 0 Å². The van der Waals surface area contributed by atoms with E-state index in [1.807, 2.05) is 25.1 Å². The van der Waals surface area contributed by atoms with Crippen molar-refractivity contribution in [1.82, 2.24) is 14.5 Å². The topological polar surface area (TPSA) is 78.3 Å². The third-order valence-electron chi connectivity index (χ3n) is 3.44. The lowest BCUT2D eigenvalue weighted by Crippen LogP contribution is -2.39. The van der Waals surface area contributed by atoms with E-state index in [9.17, 15) is 14.7 Å². The molecule has 0 unspecified atom stereocenters. The number of rotatable bonds is 0. The van der Waals surface area contributed by atoms with Gasteiger partial charge >= 0.3 is 11.8 Å². The van der Waals surface area contributed by atoms with Crippen LogP contribution >= 0.6 is 0 Å². The van der Waals surface area contributed by atoms with Gasteiger partial charge in [0.05, 0.1) is 23.6 Å². The molecule has 0 saturated carbocycles. The average molecular weight is 247 g/mol. The molecule has 1 aromatic heterocycles. The third-order valence-corrected chi connectivity index (χ3v) is 3.44. The van der Waals surface area contributed by atoms with Crippen molar-refractivity contribution in [1.29, 1.82) is 0 Å².